The summed E-state index contributed by atoms with van der Waals surface area (Å²) in [5, 5.41) is 8.12. The Balaban J connectivity index is 1.22. The molecule has 1 fully saturated rings. The second kappa shape index (κ2) is 7.75. The molecule has 1 atom stereocenters. The lowest BCUT2D eigenvalue weighted by Gasteiger charge is -2.36. The second-order valence-corrected chi connectivity index (χ2v) is 9.41. The summed E-state index contributed by atoms with van der Waals surface area (Å²) in [4.78, 5) is 4.70. The van der Waals surface area contributed by atoms with E-state index in [1.807, 2.05) is 12.1 Å². The molecular weight excluding hydrogens is 398 g/mol. The lowest BCUT2D eigenvalue weighted by atomic mass is 9.81. The molecule has 2 aliphatic rings. The zero-order valence-corrected chi connectivity index (χ0v) is 18.5. The fourth-order valence-electron chi connectivity index (χ4n) is 5.25. The summed E-state index contributed by atoms with van der Waals surface area (Å²) in [6.07, 6.45) is 8.32. The maximum Gasteiger partial charge on any atom is 0.258 e. The van der Waals surface area contributed by atoms with Crippen LogP contribution in [0.3, 0.4) is 0 Å². The minimum atomic E-state index is 0.481. The van der Waals surface area contributed by atoms with E-state index in [2.05, 4.69) is 54.7 Å². The molecule has 2 aromatic carbocycles. The van der Waals surface area contributed by atoms with Crippen molar-refractivity contribution < 1.29 is 8.94 Å². The van der Waals surface area contributed by atoms with Gasteiger partial charge in [0.1, 0.15) is 0 Å². The summed E-state index contributed by atoms with van der Waals surface area (Å²) >= 11 is 0. The monoisotopic (exact) mass is 425 g/mol. The summed E-state index contributed by atoms with van der Waals surface area (Å²) < 4.78 is 10.8. The van der Waals surface area contributed by atoms with Crippen LogP contribution in [0.2, 0.25) is 0 Å². The predicted molar refractivity (Wildman–Crippen MR) is 124 cm³/mol. The first-order valence-corrected chi connectivity index (χ1v) is 11.5. The molecule has 6 rings (SSSR count). The second-order valence-electron chi connectivity index (χ2n) is 9.41. The number of fused-ring (bicyclic) bond motifs is 1. The normalized spacial score (nSPS) is 22.0. The fourth-order valence-corrected chi connectivity index (χ4v) is 5.25. The van der Waals surface area contributed by atoms with Gasteiger partial charge in [-0.15, -0.1) is 0 Å². The summed E-state index contributed by atoms with van der Waals surface area (Å²) in [5.41, 5.74) is 8.12. The van der Waals surface area contributed by atoms with Crippen molar-refractivity contribution in [2.45, 2.75) is 51.6 Å². The average molecular weight is 426 g/mol. The maximum atomic E-state index is 5.62. The van der Waals surface area contributed by atoms with Crippen molar-refractivity contribution in [3.8, 4) is 34.0 Å². The van der Waals surface area contributed by atoms with Gasteiger partial charge in [-0.3, -0.25) is 0 Å². The molecule has 2 aliphatic carbocycles. The Morgan fingerprint density at radius 1 is 1.00 bits per heavy atom. The third-order valence-electron chi connectivity index (χ3n) is 7.02. The molecule has 0 amide bonds. The van der Waals surface area contributed by atoms with Crippen LogP contribution in [0.25, 0.3) is 34.0 Å². The molecule has 1 unspecified atom stereocenters. The molecule has 0 bridgehead atoms. The molecule has 2 aromatic heterocycles. The van der Waals surface area contributed by atoms with Gasteiger partial charge in [0, 0.05) is 28.8 Å². The Bertz CT molecular complexity index is 1250. The van der Waals surface area contributed by atoms with Gasteiger partial charge < -0.3 is 14.3 Å². The van der Waals surface area contributed by atoms with E-state index < -0.39 is 0 Å². The molecule has 32 heavy (non-hydrogen) atoms. The largest absolute Gasteiger partial charge is 0.472 e. The first-order chi connectivity index (χ1) is 15.6. The third kappa shape index (κ3) is 3.47. The number of aryl methyl sites for hydroxylation is 2. The molecule has 1 N–H and O–H groups in total. The van der Waals surface area contributed by atoms with Gasteiger partial charge in [0.15, 0.2) is 0 Å². The Morgan fingerprint density at radius 3 is 2.66 bits per heavy atom. The van der Waals surface area contributed by atoms with Crippen LogP contribution >= 0.6 is 0 Å². The van der Waals surface area contributed by atoms with E-state index in [4.69, 9.17) is 13.9 Å². The molecule has 2 heterocycles. The van der Waals surface area contributed by atoms with Crippen molar-refractivity contribution >= 4 is 0 Å². The highest BCUT2D eigenvalue weighted by molar-refractivity contribution is 5.71. The SMILES string of the molecule is Cc1cc(-c2nc(-c3ccc4c(c3)CCC4NC3CC(C)C3)no2)ccc1-c1ccoc1. The number of nitrogens with zero attached hydrogens (tertiary/aromatic N) is 2. The van der Waals surface area contributed by atoms with Gasteiger partial charge in [-0.05, 0) is 85.0 Å². The predicted octanol–water partition coefficient (Wildman–Crippen LogP) is 6.35. The van der Waals surface area contributed by atoms with E-state index in [0.29, 0.717) is 23.8 Å². The summed E-state index contributed by atoms with van der Waals surface area (Å²) in [7, 11) is 0. The van der Waals surface area contributed by atoms with E-state index in [-0.39, 0.29) is 0 Å². The average Bonchev–Trinajstić information content (AvgIpc) is 3.53. The molecule has 5 heteroatoms. The number of hydrogen-bond donors (Lipinski definition) is 1. The minimum Gasteiger partial charge on any atom is -0.472 e. The van der Waals surface area contributed by atoms with Gasteiger partial charge in [-0.1, -0.05) is 30.3 Å². The van der Waals surface area contributed by atoms with Gasteiger partial charge in [0.25, 0.3) is 5.89 Å². The van der Waals surface area contributed by atoms with Crippen molar-refractivity contribution in [1.29, 1.82) is 0 Å². The third-order valence-corrected chi connectivity index (χ3v) is 7.02. The number of aromatic nitrogens is 2. The van der Waals surface area contributed by atoms with Gasteiger partial charge in [-0.25, -0.2) is 0 Å². The van der Waals surface area contributed by atoms with E-state index in [0.717, 1.165) is 40.2 Å². The van der Waals surface area contributed by atoms with Crippen LogP contribution in [0.4, 0.5) is 0 Å². The van der Waals surface area contributed by atoms with E-state index >= 15 is 0 Å². The highest BCUT2D eigenvalue weighted by Gasteiger charge is 2.31. The molecule has 5 nitrogen and oxygen atoms in total. The number of benzene rings is 2. The highest BCUT2D eigenvalue weighted by Crippen LogP contribution is 2.37. The van der Waals surface area contributed by atoms with Crippen LogP contribution in [0.1, 0.15) is 48.9 Å². The maximum absolute atomic E-state index is 5.62. The van der Waals surface area contributed by atoms with Crippen molar-refractivity contribution in [1.82, 2.24) is 15.5 Å². The van der Waals surface area contributed by atoms with Crippen LogP contribution in [-0.4, -0.2) is 16.2 Å². The van der Waals surface area contributed by atoms with Crippen LogP contribution in [0.5, 0.6) is 0 Å². The van der Waals surface area contributed by atoms with Crippen LogP contribution in [0, 0.1) is 12.8 Å². The molecule has 0 spiro atoms. The van der Waals surface area contributed by atoms with Crippen LogP contribution in [0.15, 0.2) is 63.9 Å². The van der Waals surface area contributed by atoms with Crippen molar-refractivity contribution in [3.63, 3.8) is 0 Å². The highest BCUT2D eigenvalue weighted by atomic mass is 16.5. The van der Waals surface area contributed by atoms with E-state index in [1.54, 1.807) is 12.5 Å². The number of nitrogens with one attached hydrogen (secondary N) is 1. The Labute approximate surface area is 187 Å². The Hall–Kier alpha value is -3.18. The van der Waals surface area contributed by atoms with Crippen molar-refractivity contribution in [3.05, 3.63) is 71.7 Å². The van der Waals surface area contributed by atoms with Gasteiger partial charge in [0.05, 0.1) is 12.5 Å². The number of furan rings is 1. The summed E-state index contributed by atoms with van der Waals surface area (Å²) in [6, 6.07) is 15.9. The van der Waals surface area contributed by atoms with Crippen LogP contribution in [-0.2, 0) is 6.42 Å². The minimum absolute atomic E-state index is 0.481. The van der Waals surface area contributed by atoms with Crippen molar-refractivity contribution in [2.75, 3.05) is 0 Å². The molecule has 4 aromatic rings. The van der Waals surface area contributed by atoms with Gasteiger partial charge >= 0.3 is 0 Å². The van der Waals surface area contributed by atoms with Gasteiger partial charge in [0.2, 0.25) is 5.82 Å². The first-order valence-electron chi connectivity index (χ1n) is 11.5. The summed E-state index contributed by atoms with van der Waals surface area (Å²) in [6.45, 7) is 4.42. The van der Waals surface area contributed by atoms with E-state index in [1.165, 1.54) is 30.4 Å². The lowest BCUT2D eigenvalue weighted by Crippen LogP contribution is -2.41. The standard InChI is InChI=1S/C27H27N3O2/c1-16-11-22(12-16)28-25-8-5-18-14-19(3-7-24(18)25)26-29-27(32-30-26)20-4-6-23(17(2)13-20)21-9-10-31-15-21/h3-4,6-7,9-10,13-16,22,25,28H,5,8,11-12H2,1-2H3. The summed E-state index contributed by atoms with van der Waals surface area (Å²) in [5.74, 6) is 2.05. The topological polar surface area (TPSA) is 64.1 Å². The Morgan fingerprint density at radius 2 is 1.88 bits per heavy atom. The van der Waals surface area contributed by atoms with Gasteiger partial charge in [-0.2, -0.15) is 4.98 Å². The van der Waals surface area contributed by atoms with E-state index in [9.17, 15) is 0 Å². The van der Waals surface area contributed by atoms with Crippen LogP contribution < -0.4 is 5.32 Å². The quantitative estimate of drug-likeness (QED) is 0.404. The van der Waals surface area contributed by atoms with Crippen molar-refractivity contribution in [2.24, 2.45) is 5.92 Å². The molecule has 162 valence electrons. The number of rotatable bonds is 5. The number of hydrogen-bond acceptors (Lipinski definition) is 5. The first kappa shape index (κ1) is 19.5. The zero-order valence-electron chi connectivity index (χ0n) is 18.5. The zero-order chi connectivity index (χ0) is 21.7. The molecular formula is C27H27N3O2. The smallest absolute Gasteiger partial charge is 0.258 e. The molecule has 0 saturated heterocycles. The fraction of sp³-hybridized carbons (Fsp3) is 0.333. The molecule has 0 aliphatic heterocycles. The molecule has 0 radical (unpaired) electrons. The lowest BCUT2D eigenvalue weighted by molar-refractivity contribution is 0.222. The Kier molecular flexibility index (Phi) is 4.72. The molecule has 1 saturated carbocycles.